The molecule has 0 aliphatic carbocycles. The van der Waals surface area contributed by atoms with Gasteiger partial charge in [0.2, 0.25) is 5.13 Å². The SMILES string of the molecule is CC(C)(C)c1nnc(NCC2CN(Cc3ccccc3)CCO2)s1. The molecule has 0 spiro atoms. The normalized spacial score (nSPS) is 19.4. The van der Waals surface area contributed by atoms with E-state index in [9.17, 15) is 0 Å². The molecule has 1 fully saturated rings. The van der Waals surface area contributed by atoms with Gasteiger partial charge in [0.05, 0.1) is 12.7 Å². The molecule has 2 heterocycles. The number of benzene rings is 1. The molecule has 130 valence electrons. The van der Waals surface area contributed by atoms with Crippen LogP contribution in [0.25, 0.3) is 0 Å². The Kier molecular flexibility index (Phi) is 5.48. The molecular weight excluding hydrogens is 320 g/mol. The number of hydrogen-bond acceptors (Lipinski definition) is 6. The van der Waals surface area contributed by atoms with Gasteiger partial charge < -0.3 is 10.1 Å². The fourth-order valence-electron chi connectivity index (χ4n) is 2.69. The largest absolute Gasteiger partial charge is 0.374 e. The molecule has 5 nitrogen and oxygen atoms in total. The number of nitrogens with zero attached hydrogens (tertiary/aromatic N) is 3. The Morgan fingerprint density at radius 1 is 1.25 bits per heavy atom. The lowest BCUT2D eigenvalue weighted by Gasteiger charge is -2.33. The first-order valence-electron chi connectivity index (χ1n) is 8.46. The minimum absolute atomic E-state index is 0.0470. The predicted octanol–water partition coefficient (Wildman–Crippen LogP) is 3.15. The van der Waals surface area contributed by atoms with E-state index >= 15 is 0 Å². The quantitative estimate of drug-likeness (QED) is 0.901. The molecule has 0 saturated carbocycles. The third-order valence-electron chi connectivity index (χ3n) is 4.02. The highest BCUT2D eigenvalue weighted by atomic mass is 32.1. The Labute approximate surface area is 148 Å². The molecule has 0 amide bonds. The van der Waals surface area contributed by atoms with Gasteiger partial charge in [-0.1, -0.05) is 62.4 Å². The van der Waals surface area contributed by atoms with Crippen molar-refractivity contribution in [3.8, 4) is 0 Å². The Balaban J connectivity index is 1.49. The summed E-state index contributed by atoms with van der Waals surface area (Å²) in [5, 5.41) is 13.8. The van der Waals surface area contributed by atoms with Gasteiger partial charge in [-0.15, -0.1) is 10.2 Å². The summed E-state index contributed by atoms with van der Waals surface area (Å²) in [7, 11) is 0. The van der Waals surface area contributed by atoms with Crippen LogP contribution in [0.3, 0.4) is 0 Å². The maximum Gasteiger partial charge on any atom is 0.205 e. The Morgan fingerprint density at radius 2 is 2.04 bits per heavy atom. The maximum atomic E-state index is 5.89. The van der Waals surface area contributed by atoms with Crippen molar-refractivity contribution in [1.82, 2.24) is 15.1 Å². The molecule has 0 radical (unpaired) electrons. The molecule has 2 aromatic rings. The van der Waals surface area contributed by atoms with E-state index < -0.39 is 0 Å². The average Bonchev–Trinajstić information content (AvgIpc) is 3.04. The molecule has 24 heavy (non-hydrogen) atoms. The first-order chi connectivity index (χ1) is 11.5. The van der Waals surface area contributed by atoms with Crippen LogP contribution in [-0.2, 0) is 16.7 Å². The van der Waals surface area contributed by atoms with E-state index in [1.54, 1.807) is 11.3 Å². The number of aromatic nitrogens is 2. The lowest BCUT2D eigenvalue weighted by Crippen LogP contribution is -2.44. The van der Waals surface area contributed by atoms with E-state index in [0.717, 1.165) is 42.9 Å². The van der Waals surface area contributed by atoms with Crippen LogP contribution in [0.15, 0.2) is 30.3 Å². The summed E-state index contributed by atoms with van der Waals surface area (Å²) in [5.41, 5.74) is 1.40. The topological polar surface area (TPSA) is 50.3 Å². The monoisotopic (exact) mass is 346 g/mol. The molecule has 1 N–H and O–H groups in total. The van der Waals surface area contributed by atoms with Crippen molar-refractivity contribution >= 4 is 16.5 Å². The van der Waals surface area contributed by atoms with Crippen molar-refractivity contribution < 1.29 is 4.74 Å². The minimum Gasteiger partial charge on any atom is -0.374 e. The zero-order valence-electron chi connectivity index (χ0n) is 14.7. The highest BCUT2D eigenvalue weighted by Crippen LogP contribution is 2.27. The molecule has 1 atom stereocenters. The van der Waals surface area contributed by atoms with Crippen molar-refractivity contribution in [1.29, 1.82) is 0 Å². The predicted molar refractivity (Wildman–Crippen MR) is 98.6 cm³/mol. The van der Waals surface area contributed by atoms with Gasteiger partial charge in [-0.05, 0) is 5.56 Å². The van der Waals surface area contributed by atoms with Crippen LogP contribution in [0.2, 0.25) is 0 Å². The van der Waals surface area contributed by atoms with E-state index in [2.05, 4.69) is 71.5 Å². The second-order valence-corrected chi connectivity index (χ2v) is 8.23. The van der Waals surface area contributed by atoms with E-state index in [4.69, 9.17) is 4.74 Å². The van der Waals surface area contributed by atoms with Gasteiger partial charge in [0, 0.05) is 31.6 Å². The second-order valence-electron chi connectivity index (χ2n) is 7.26. The smallest absolute Gasteiger partial charge is 0.205 e. The summed E-state index contributed by atoms with van der Waals surface area (Å²) in [6.45, 7) is 10.9. The van der Waals surface area contributed by atoms with Crippen LogP contribution in [-0.4, -0.2) is 47.4 Å². The van der Waals surface area contributed by atoms with Gasteiger partial charge in [-0.2, -0.15) is 0 Å². The number of rotatable bonds is 5. The highest BCUT2D eigenvalue weighted by molar-refractivity contribution is 7.15. The Hall–Kier alpha value is -1.50. The van der Waals surface area contributed by atoms with E-state index in [1.807, 2.05) is 0 Å². The summed E-state index contributed by atoms with van der Waals surface area (Å²) < 4.78 is 5.89. The lowest BCUT2D eigenvalue weighted by molar-refractivity contribution is -0.0240. The molecule has 3 rings (SSSR count). The van der Waals surface area contributed by atoms with E-state index in [-0.39, 0.29) is 11.5 Å². The fraction of sp³-hybridized carbons (Fsp3) is 0.556. The average molecular weight is 347 g/mol. The lowest BCUT2D eigenvalue weighted by atomic mass is 9.98. The van der Waals surface area contributed by atoms with Crippen molar-refractivity contribution in [2.45, 2.75) is 38.8 Å². The number of anilines is 1. The van der Waals surface area contributed by atoms with Gasteiger partial charge in [0.25, 0.3) is 0 Å². The van der Waals surface area contributed by atoms with Crippen LogP contribution in [0, 0.1) is 0 Å². The highest BCUT2D eigenvalue weighted by Gasteiger charge is 2.22. The molecule has 1 saturated heterocycles. The summed E-state index contributed by atoms with van der Waals surface area (Å²) >= 11 is 1.63. The summed E-state index contributed by atoms with van der Waals surface area (Å²) in [5.74, 6) is 0. The Morgan fingerprint density at radius 3 is 2.75 bits per heavy atom. The second kappa shape index (κ2) is 7.59. The van der Waals surface area contributed by atoms with Crippen LogP contribution in [0.4, 0.5) is 5.13 Å². The van der Waals surface area contributed by atoms with Crippen molar-refractivity contribution in [2.75, 3.05) is 31.6 Å². The molecule has 6 heteroatoms. The number of hydrogen-bond donors (Lipinski definition) is 1. The molecule has 1 aliphatic heterocycles. The van der Waals surface area contributed by atoms with Gasteiger partial charge in [0.15, 0.2) is 0 Å². The van der Waals surface area contributed by atoms with Gasteiger partial charge in [-0.3, -0.25) is 4.90 Å². The van der Waals surface area contributed by atoms with Crippen LogP contribution < -0.4 is 5.32 Å². The molecule has 1 aromatic heterocycles. The maximum absolute atomic E-state index is 5.89. The molecule has 1 aromatic carbocycles. The number of nitrogens with one attached hydrogen (secondary N) is 1. The number of morpholine rings is 1. The van der Waals surface area contributed by atoms with E-state index in [1.165, 1.54) is 5.56 Å². The Bertz CT molecular complexity index is 638. The van der Waals surface area contributed by atoms with Crippen LogP contribution >= 0.6 is 11.3 Å². The summed E-state index contributed by atoms with van der Waals surface area (Å²) in [6, 6.07) is 10.6. The van der Waals surface area contributed by atoms with Gasteiger partial charge in [-0.25, -0.2) is 0 Å². The fourth-order valence-corrected chi connectivity index (χ4v) is 3.50. The van der Waals surface area contributed by atoms with Crippen molar-refractivity contribution in [2.24, 2.45) is 0 Å². The summed E-state index contributed by atoms with van der Waals surface area (Å²) in [6.07, 6.45) is 0.185. The molecular formula is C18H26N4OS. The van der Waals surface area contributed by atoms with Crippen LogP contribution in [0.1, 0.15) is 31.3 Å². The summed E-state index contributed by atoms with van der Waals surface area (Å²) in [4.78, 5) is 2.45. The first-order valence-corrected chi connectivity index (χ1v) is 9.28. The minimum atomic E-state index is 0.0470. The van der Waals surface area contributed by atoms with E-state index in [0.29, 0.717) is 0 Å². The first kappa shape index (κ1) is 17.3. The van der Waals surface area contributed by atoms with Gasteiger partial charge in [0.1, 0.15) is 5.01 Å². The number of ether oxygens (including phenoxy) is 1. The standard InChI is InChI=1S/C18H26N4OS/c1-18(2,3)16-20-21-17(24-16)19-11-15-13-22(9-10-23-15)12-14-7-5-4-6-8-14/h4-8,15H,9-13H2,1-3H3,(H,19,21). The molecule has 0 bridgehead atoms. The van der Waals surface area contributed by atoms with Crippen molar-refractivity contribution in [3.05, 3.63) is 40.9 Å². The molecule has 1 aliphatic rings. The van der Waals surface area contributed by atoms with Crippen LogP contribution in [0.5, 0.6) is 0 Å². The third kappa shape index (κ3) is 4.75. The zero-order chi connectivity index (χ0) is 17.0. The third-order valence-corrected chi connectivity index (χ3v) is 5.33. The zero-order valence-corrected chi connectivity index (χ0v) is 15.5. The molecule has 1 unspecified atom stereocenters. The van der Waals surface area contributed by atoms with Gasteiger partial charge >= 0.3 is 0 Å². The van der Waals surface area contributed by atoms with Crippen molar-refractivity contribution in [3.63, 3.8) is 0 Å².